The Balaban J connectivity index is 1.22. The van der Waals surface area contributed by atoms with Crippen LogP contribution in [-0.4, -0.2) is 49.6 Å². The number of benzene rings is 1. The lowest BCUT2D eigenvalue weighted by Gasteiger charge is -2.17. The van der Waals surface area contributed by atoms with E-state index >= 15 is 0 Å². The summed E-state index contributed by atoms with van der Waals surface area (Å²) in [7, 11) is 0. The van der Waals surface area contributed by atoms with Crippen LogP contribution < -0.4 is 10.6 Å². The summed E-state index contributed by atoms with van der Waals surface area (Å²) in [6.45, 7) is 9.68. The predicted molar refractivity (Wildman–Crippen MR) is 128 cm³/mol. The Hall–Kier alpha value is -2.77. The fraction of sp³-hybridized carbons (Fsp3) is 0.480. The maximum Gasteiger partial charge on any atom is 0.227 e. The van der Waals surface area contributed by atoms with E-state index in [0.717, 1.165) is 42.0 Å². The molecule has 2 N–H and O–H groups in total. The van der Waals surface area contributed by atoms with Crippen LogP contribution in [0.5, 0.6) is 0 Å². The van der Waals surface area contributed by atoms with Gasteiger partial charge in [-0.05, 0) is 63.8 Å². The SMILES string of the molecule is Cc1ncc(-c2ccnc(Nc3ccc(CN4CC[C@H](NC5CC5)C4)cc3)n2)n1C(C)C. The van der Waals surface area contributed by atoms with Gasteiger partial charge in [0.05, 0.1) is 17.6 Å². The van der Waals surface area contributed by atoms with E-state index in [9.17, 15) is 0 Å². The average molecular weight is 432 g/mol. The van der Waals surface area contributed by atoms with Crippen LogP contribution in [0.1, 0.15) is 50.5 Å². The summed E-state index contributed by atoms with van der Waals surface area (Å²) >= 11 is 0. The number of imidazole rings is 1. The minimum Gasteiger partial charge on any atom is -0.324 e. The molecule has 5 rings (SSSR count). The number of aromatic nitrogens is 4. The highest BCUT2D eigenvalue weighted by Gasteiger charge is 2.29. The molecule has 0 bridgehead atoms. The zero-order valence-electron chi connectivity index (χ0n) is 19.3. The first kappa shape index (κ1) is 21.1. The topological polar surface area (TPSA) is 70.9 Å². The summed E-state index contributed by atoms with van der Waals surface area (Å²) < 4.78 is 2.20. The molecule has 168 valence electrons. The molecule has 1 saturated carbocycles. The van der Waals surface area contributed by atoms with E-state index in [4.69, 9.17) is 4.98 Å². The lowest BCUT2D eigenvalue weighted by Crippen LogP contribution is -2.33. The molecule has 2 aliphatic rings. The minimum atomic E-state index is 0.321. The van der Waals surface area contributed by atoms with Gasteiger partial charge in [0.25, 0.3) is 0 Å². The van der Waals surface area contributed by atoms with E-state index in [1.54, 1.807) is 6.20 Å². The number of likely N-dealkylation sites (tertiary alicyclic amines) is 1. The highest BCUT2D eigenvalue weighted by Crippen LogP contribution is 2.25. The molecule has 0 radical (unpaired) electrons. The Bertz CT molecular complexity index is 1050. The van der Waals surface area contributed by atoms with Crippen molar-refractivity contribution in [1.29, 1.82) is 0 Å². The van der Waals surface area contributed by atoms with E-state index in [0.29, 0.717) is 18.0 Å². The summed E-state index contributed by atoms with van der Waals surface area (Å²) in [5.74, 6) is 1.59. The molecule has 0 unspecified atom stereocenters. The van der Waals surface area contributed by atoms with Crippen molar-refractivity contribution < 1.29 is 0 Å². The zero-order chi connectivity index (χ0) is 22.1. The molecule has 1 aliphatic heterocycles. The molecule has 1 aliphatic carbocycles. The van der Waals surface area contributed by atoms with E-state index in [1.165, 1.54) is 31.4 Å². The normalized spacial score (nSPS) is 19.1. The van der Waals surface area contributed by atoms with Crippen LogP contribution in [0.25, 0.3) is 11.4 Å². The van der Waals surface area contributed by atoms with Gasteiger partial charge in [-0.1, -0.05) is 12.1 Å². The molecule has 2 fully saturated rings. The second-order valence-corrected chi connectivity index (χ2v) is 9.40. The smallest absolute Gasteiger partial charge is 0.227 e. The third-order valence-electron chi connectivity index (χ3n) is 6.35. The third kappa shape index (κ3) is 4.84. The number of hydrogen-bond donors (Lipinski definition) is 2. The predicted octanol–water partition coefficient (Wildman–Crippen LogP) is 4.30. The van der Waals surface area contributed by atoms with Gasteiger partial charge in [0.15, 0.2) is 0 Å². The van der Waals surface area contributed by atoms with Gasteiger partial charge < -0.3 is 15.2 Å². The van der Waals surface area contributed by atoms with Gasteiger partial charge in [-0.25, -0.2) is 15.0 Å². The van der Waals surface area contributed by atoms with Gasteiger partial charge >= 0.3 is 0 Å². The largest absolute Gasteiger partial charge is 0.324 e. The highest BCUT2D eigenvalue weighted by atomic mass is 15.2. The number of nitrogens with zero attached hydrogens (tertiary/aromatic N) is 5. The molecule has 7 nitrogen and oxygen atoms in total. The van der Waals surface area contributed by atoms with Crippen LogP contribution in [-0.2, 0) is 6.54 Å². The van der Waals surface area contributed by atoms with Crippen molar-refractivity contribution >= 4 is 11.6 Å². The molecular weight excluding hydrogens is 398 g/mol. The quantitative estimate of drug-likeness (QED) is 0.554. The molecule has 0 spiro atoms. The van der Waals surface area contributed by atoms with Crippen molar-refractivity contribution in [2.45, 2.75) is 64.7 Å². The lowest BCUT2D eigenvalue weighted by atomic mass is 10.2. The molecular formula is C25H33N7. The molecule has 32 heavy (non-hydrogen) atoms. The number of hydrogen-bond acceptors (Lipinski definition) is 6. The summed E-state index contributed by atoms with van der Waals surface area (Å²) in [4.78, 5) is 16.2. The van der Waals surface area contributed by atoms with E-state index in [-0.39, 0.29) is 0 Å². The molecule has 1 saturated heterocycles. The van der Waals surface area contributed by atoms with Crippen LogP contribution >= 0.6 is 0 Å². The fourth-order valence-corrected chi connectivity index (χ4v) is 4.63. The number of anilines is 2. The Labute approximate surface area is 190 Å². The van der Waals surface area contributed by atoms with Crippen LogP contribution in [0.2, 0.25) is 0 Å². The Morgan fingerprint density at radius 2 is 1.84 bits per heavy atom. The van der Waals surface area contributed by atoms with Crippen molar-refractivity contribution in [2.24, 2.45) is 0 Å². The van der Waals surface area contributed by atoms with Crippen molar-refractivity contribution in [3.05, 3.63) is 54.1 Å². The monoisotopic (exact) mass is 431 g/mol. The molecule has 3 heterocycles. The van der Waals surface area contributed by atoms with Crippen LogP contribution in [0, 0.1) is 6.92 Å². The van der Waals surface area contributed by atoms with Gasteiger partial charge in [-0.3, -0.25) is 4.90 Å². The van der Waals surface area contributed by atoms with Crippen molar-refractivity contribution in [3.63, 3.8) is 0 Å². The van der Waals surface area contributed by atoms with Crippen LogP contribution in [0.4, 0.5) is 11.6 Å². The molecule has 1 atom stereocenters. The Morgan fingerprint density at radius 1 is 1.03 bits per heavy atom. The Kier molecular flexibility index (Phi) is 5.93. The minimum absolute atomic E-state index is 0.321. The van der Waals surface area contributed by atoms with Crippen LogP contribution in [0.15, 0.2) is 42.7 Å². The van der Waals surface area contributed by atoms with Crippen LogP contribution in [0.3, 0.4) is 0 Å². The molecule has 0 amide bonds. The standard InChI is InChI=1S/C25H33N7/c1-17(2)32-18(3)27-14-24(32)23-10-12-26-25(30-23)29-21-6-4-19(5-7-21)15-31-13-11-22(16-31)28-20-8-9-20/h4-7,10,12,14,17,20,22,28H,8-9,11,13,15-16H2,1-3H3,(H,26,29,30)/t22-/m0/s1. The van der Waals surface area contributed by atoms with E-state index in [1.807, 2.05) is 19.2 Å². The maximum absolute atomic E-state index is 4.74. The number of aryl methyl sites for hydroxylation is 1. The zero-order valence-corrected chi connectivity index (χ0v) is 19.3. The summed E-state index contributed by atoms with van der Waals surface area (Å²) in [6.07, 6.45) is 7.67. The molecule has 2 aromatic heterocycles. The van der Waals surface area contributed by atoms with E-state index < -0.39 is 0 Å². The van der Waals surface area contributed by atoms with Crippen molar-refractivity contribution in [1.82, 2.24) is 29.7 Å². The average Bonchev–Trinajstić information content (AvgIpc) is 3.34. The van der Waals surface area contributed by atoms with Gasteiger partial charge in [0.1, 0.15) is 5.82 Å². The van der Waals surface area contributed by atoms with Gasteiger partial charge in [0, 0.05) is 49.6 Å². The maximum atomic E-state index is 4.74. The summed E-state index contributed by atoms with van der Waals surface area (Å²) in [5, 5.41) is 7.11. The summed E-state index contributed by atoms with van der Waals surface area (Å²) in [5.41, 5.74) is 4.22. The first-order valence-electron chi connectivity index (χ1n) is 11.8. The summed E-state index contributed by atoms with van der Waals surface area (Å²) in [6, 6.07) is 12.3. The fourth-order valence-electron chi connectivity index (χ4n) is 4.63. The second-order valence-electron chi connectivity index (χ2n) is 9.40. The first-order valence-corrected chi connectivity index (χ1v) is 11.8. The molecule has 3 aromatic rings. The second kappa shape index (κ2) is 9.00. The Morgan fingerprint density at radius 3 is 2.59 bits per heavy atom. The molecule has 7 heteroatoms. The van der Waals surface area contributed by atoms with E-state index in [2.05, 4.69) is 68.2 Å². The molecule has 1 aromatic carbocycles. The van der Waals surface area contributed by atoms with Gasteiger partial charge in [-0.15, -0.1) is 0 Å². The first-order chi connectivity index (χ1) is 15.5. The number of nitrogens with one attached hydrogen (secondary N) is 2. The van der Waals surface area contributed by atoms with Crippen molar-refractivity contribution in [3.8, 4) is 11.4 Å². The third-order valence-corrected chi connectivity index (χ3v) is 6.35. The van der Waals surface area contributed by atoms with Gasteiger partial charge in [-0.2, -0.15) is 0 Å². The number of rotatable bonds is 8. The van der Waals surface area contributed by atoms with Crippen molar-refractivity contribution in [2.75, 3.05) is 18.4 Å². The van der Waals surface area contributed by atoms with Gasteiger partial charge in [0.2, 0.25) is 5.95 Å². The highest BCUT2D eigenvalue weighted by molar-refractivity contribution is 5.59. The lowest BCUT2D eigenvalue weighted by molar-refractivity contribution is 0.320.